The molecule has 0 N–H and O–H groups in total. The SMILES string of the molecule is C=C1CC2=CCCC=C2O1.CC. The monoisotopic (exact) mass is 164 g/mol. The van der Waals surface area contributed by atoms with Crippen LogP contribution in [0.4, 0.5) is 0 Å². The number of hydrogen-bond acceptors (Lipinski definition) is 1. The summed E-state index contributed by atoms with van der Waals surface area (Å²) in [6, 6.07) is 0. The molecule has 2 aliphatic rings. The second kappa shape index (κ2) is 4.15. The molecule has 1 aliphatic heterocycles. The molecule has 1 nitrogen and oxygen atoms in total. The fraction of sp³-hybridized carbons (Fsp3) is 0.455. The van der Waals surface area contributed by atoms with Crippen molar-refractivity contribution in [2.45, 2.75) is 33.1 Å². The lowest BCUT2D eigenvalue weighted by atomic mass is 10.0. The van der Waals surface area contributed by atoms with Gasteiger partial charge in [0.2, 0.25) is 0 Å². The summed E-state index contributed by atoms with van der Waals surface area (Å²) in [4.78, 5) is 0. The van der Waals surface area contributed by atoms with Crippen molar-refractivity contribution in [3.8, 4) is 0 Å². The predicted molar refractivity (Wildman–Crippen MR) is 51.6 cm³/mol. The molecule has 0 atom stereocenters. The fourth-order valence-electron chi connectivity index (χ4n) is 1.37. The van der Waals surface area contributed by atoms with Gasteiger partial charge in [-0.25, -0.2) is 0 Å². The van der Waals surface area contributed by atoms with Gasteiger partial charge in [0.25, 0.3) is 0 Å². The first-order valence-electron chi connectivity index (χ1n) is 4.61. The Hall–Kier alpha value is -0.980. The Morgan fingerprint density at radius 1 is 1.25 bits per heavy atom. The summed E-state index contributed by atoms with van der Waals surface area (Å²) in [6.45, 7) is 7.77. The van der Waals surface area contributed by atoms with Crippen molar-refractivity contribution < 1.29 is 4.74 Å². The lowest BCUT2D eigenvalue weighted by molar-refractivity contribution is 0.344. The van der Waals surface area contributed by atoms with Crippen LogP contribution in [0.3, 0.4) is 0 Å². The van der Waals surface area contributed by atoms with E-state index < -0.39 is 0 Å². The highest BCUT2D eigenvalue weighted by Gasteiger charge is 2.19. The van der Waals surface area contributed by atoms with Crippen LogP contribution in [0.1, 0.15) is 33.1 Å². The summed E-state index contributed by atoms with van der Waals surface area (Å²) in [5.74, 6) is 1.94. The predicted octanol–water partition coefficient (Wildman–Crippen LogP) is 3.55. The molecule has 0 spiro atoms. The van der Waals surface area contributed by atoms with Crippen molar-refractivity contribution in [1.29, 1.82) is 0 Å². The zero-order valence-corrected chi connectivity index (χ0v) is 7.89. The van der Waals surface area contributed by atoms with Crippen molar-refractivity contribution in [3.63, 3.8) is 0 Å². The van der Waals surface area contributed by atoms with Gasteiger partial charge in [-0.3, -0.25) is 0 Å². The molecule has 0 aromatic rings. The molecule has 0 bridgehead atoms. The van der Waals surface area contributed by atoms with Crippen LogP contribution < -0.4 is 0 Å². The van der Waals surface area contributed by atoms with Gasteiger partial charge in [-0.05, 0) is 24.5 Å². The first-order valence-corrected chi connectivity index (χ1v) is 4.61. The van der Waals surface area contributed by atoms with E-state index in [4.69, 9.17) is 4.74 Å². The Morgan fingerprint density at radius 3 is 2.58 bits per heavy atom. The molecule has 1 aliphatic carbocycles. The summed E-state index contributed by atoms with van der Waals surface area (Å²) in [7, 11) is 0. The van der Waals surface area contributed by atoms with E-state index in [1.54, 1.807) is 0 Å². The van der Waals surface area contributed by atoms with Gasteiger partial charge in [0.05, 0.1) is 0 Å². The average molecular weight is 164 g/mol. The maximum absolute atomic E-state index is 5.36. The smallest absolute Gasteiger partial charge is 0.126 e. The van der Waals surface area contributed by atoms with E-state index in [0.717, 1.165) is 30.8 Å². The Kier molecular flexibility index (Phi) is 3.15. The zero-order valence-electron chi connectivity index (χ0n) is 7.89. The minimum atomic E-state index is 0.888. The van der Waals surface area contributed by atoms with E-state index in [2.05, 4.69) is 18.7 Å². The molecular weight excluding hydrogens is 148 g/mol. The third kappa shape index (κ3) is 1.79. The quantitative estimate of drug-likeness (QED) is 0.532. The minimum Gasteiger partial charge on any atom is -0.462 e. The van der Waals surface area contributed by atoms with E-state index in [0.29, 0.717) is 0 Å². The molecular formula is C11H16O. The Bertz CT molecular complexity index is 209. The van der Waals surface area contributed by atoms with Crippen LogP contribution in [-0.4, -0.2) is 0 Å². The van der Waals surface area contributed by atoms with Gasteiger partial charge in [-0.15, -0.1) is 0 Å². The van der Waals surface area contributed by atoms with Crippen molar-refractivity contribution in [2.24, 2.45) is 0 Å². The molecule has 66 valence electrons. The zero-order chi connectivity index (χ0) is 8.97. The summed E-state index contributed by atoms with van der Waals surface area (Å²) in [6.07, 6.45) is 7.59. The highest BCUT2D eigenvalue weighted by Crippen LogP contribution is 2.33. The fourth-order valence-corrected chi connectivity index (χ4v) is 1.37. The highest BCUT2D eigenvalue weighted by molar-refractivity contribution is 5.37. The lowest BCUT2D eigenvalue weighted by Gasteiger charge is -2.03. The maximum atomic E-state index is 5.36. The van der Waals surface area contributed by atoms with Gasteiger partial charge in [-0.2, -0.15) is 0 Å². The van der Waals surface area contributed by atoms with Crippen LogP contribution in [0.25, 0.3) is 0 Å². The van der Waals surface area contributed by atoms with E-state index >= 15 is 0 Å². The van der Waals surface area contributed by atoms with Crippen LogP contribution in [0, 0.1) is 0 Å². The van der Waals surface area contributed by atoms with Gasteiger partial charge in [0.15, 0.2) is 0 Å². The molecule has 0 radical (unpaired) electrons. The van der Waals surface area contributed by atoms with Crippen LogP contribution in [-0.2, 0) is 4.74 Å². The highest BCUT2D eigenvalue weighted by atomic mass is 16.5. The molecule has 0 aromatic heterocycles. The number of allylic oxidation sites excluding steroid dienone is 4. The van der Waals surface area contributed by atoms with Gasteiger partial charge >= 0.3 is 0 Å². The van der Waals surface area contributed by atoms with Crippen molar-refractivity contribution >= 4 is 0 Å². The molecule has 0 aromatic carbocycles. The summed E-state index contributed by atoms with van der Waals surface area (Å²) >= 11 is 0. The molecule has 2 rings (SSSR count). The van der Waals surface area contributed by atoms with Crippen LogP contribution in [0.15, 0.2) is 35.8 Å². The Labute approximate surface area is 74.4 Å². The third-order valence-corrected chi connectivity index (χ3v) is 1.85. The molecule has 1 heterocycles. The van der Waals surface area contributed by atoms with E-state index in [1.165, 1.54) is 5.57 Å². The van der Waals surface area contributed by atoms with E-state index in [9.17, 15) is 0 Å². The summed E-state index contributed by atoms with van der Waals surface area (Å²) < 4.78 is 5.36. The first-order chi connectivity index (χ1) is 5.86. The summed E-state index contributed by atoms with van der Waals surface area (Å²) in [5, 5.41) is 0. The lowest BCUT2D eigenvalue weighted by Crippen LogP contribution is -1.86. The standard InChI is InChI=1S/C9H10O.C2H6/c1-7-6-8-4-2-3-5-9(8)10-7;1-2/h4-5H,1-3,6H2;1-2H3. The molecule has 1 heteroatoms. The van der Waals surface area contributed by atoms with Crippen molar-refractivity contribution in [3.05, 3.63) is 35.8 Å². The molecule has 1 saturated heterocycles. The molecule has 0 saturated carbocycles. The molecule has 0 amide bonds. The van der Waals surface area contributed by atoms with E-state index in [-0.39, 0.29) is 0 Å². The van der Waals surface area contributed by atoms with Crippen molar-refractivity contribution in [1.82, 2.24) is 0 Å². The minimum absolute atomic E-state index is 0.888. The topological polar surface area (TPSA) is 9.23 Å². The van der Waals surface area contributed by atoms with Crippen LogP contribution >= 0.6 is 0 Å². The Balaban J connectivity index is 0.000000336. The second-order valence-corrected chi connectivity index (χ2v) is 2.69. The number of rotatable bonds is 0. The van der Waals surface area contributed by atoms with Crippen LogP contribution in [0.2, 0.25) is 0 Å². The van der Waals surface area contributed by atoms with E-state index in [1.807, 2.05) is 13.8 Å². The average Bonchev–Trinajstić information content (AvgIpc) is 2.48. The van der Waals surface area contributed by atoms with Gasteiger partial charge in [-0.1, -0.05) is 26.5 Å². The summed E-state index contributed by atoms with van der Waals surface area (Å²) in [5.41, 5.74) is 1.33. The molecule has 12 heavy (non-hydrogen) atoms. The van der Waals surface area contributed by atoms with Gasteiger partial charge < -0.3 is 4.74 Å². The molecule has 1 fully saturated rings. The molecule has 0 unspecified atom stereocenters. The number of fused-ring (bicyclic) bond motifs is 1. The Morgan fingerprint density at radius 2 is 1.92 bits per heavy atom. The third-order valence-electron chi connectivity index (χ3n) is 1.85. The largest absolute Gasteiger partial charge is 0.462 e. The van der Waals surface area contributed by atoms with Crippen molar-refractivity contribution in [2.75, 3.05) is 0 Å². The van der Waals surface area contributed by atoms with Gasteiger partial charge in [0, 0.05) is 6.42 Å². The number of ether oxygens (including phenoxy) is 1. The number of hydrogen-bond donors (Lipinski definition) is 0. The van der Waals surface area contributed by atoms with Crippen LogP contribution in [0.5, 0.6) is 0 Å². The van der Waals surface area contributed by atoms with Gasteiger partial charge in [0.1, 0.15) is 11.5 Å². The second-order valence-electron chi connectivity index (χ2n) is 2.69. The first kappa shape index (κ1) is 9.11. The normalized spacial score (nSPS) is 19.7. The maximum Gasteiger partial charge on any atom is 0.126 e.